The minimum Gasteiger partial charge on any atom is -0.277 e. The van der Waals surface area contributed by atoms with E-state index in [1.54, 1.807) is 6.21 Å². The molecule has 0 aromatic heterocycles. The number of benzene rings is 2. The van der Waals surface area contributed by atoms with E-state index in [0.29, 0.717) is 5.71 Å². The summed E-state index contributed by atoms with van der Waals surface area (Å²) >= 11 is 0. The summed E-state index contributed by atoms with van der Waals surface area (Å²) in [4.78, 5) is 16.1. The number of aliphatic imine (C=N–C) groups is 1. The van der Waals surface area contributed by atoms with Crippen LogP contribution in [0.3, 0.4) is 0 Å². The van der Waals surface area contributed by atoms with Gasteiger partial charge in [-0.25, -0.2) is 4.99 Å². The van der Waals surface area contributed by atoms with E-state index >= 15 is 0 Å². The predicted molar refractivity (Wildman–Crippen MR) is 87.3 cm³/mol. The van der Waals surface area contributed by atoms with Crippen molar-refractivity contribution in [2.24, 2.45) is 16.0 Å². The molecule has 2 aliphatic rings. The average Bonchev–Trinajstić information content (AvgIpc) is 2.97. The Bertz CT molecular complexity index is 820. The third-order valence-corrected chi connectivity index (χ3v) is 3.87. The maximum atomic E-state index is 12.2. The van der Waals surface area contributed by atoms with Crippen molar-refractivity contribution in [1.82, 2.24) is 5.43 Å². The van der Waals surface area contributed by atoms with Crippen LogP contribution in [0.2, 0.25) is 0 Å². The molecule has 106 valence electrons. The summed E-state index contributed by atoms with van der Waals surface area (Å²) in [6, 6.07) is 19.8. The lowest BCUT2D eigenvalue weighted by molar-refractivity contribution is -0.117. The summed E-state index contributed by atoms with van der Waals surface area (Å²) in [5.74, 6) is -0.577. The second kappa shape index (κ2) is 5.07. The second-order valence-electron chi connectivity index (χ2n) is 5.20. The summed E-state index contributed by atoms with van der Waals surface area (Å²) in [5.41, 5.74) is 7.57. The zero-order chi connectivity index (χ0) is 14.9. The molecule has 0 aliphatic carbocycles. The van der Waals surface area contributed by atoms with E-state index in [4.69, 9.17) is 0 Å². The van der Waals surface area contributed by atoms with Crippen molar-refractivity contribution in [3.8, 4) is 0 Å². The van der Waals surface area contributed by atoms with Gasteiger partial charge in [0.05, 0.1) is 17.6 Å². The van der Waals surface area contributed by atoms with Crippen molar-refractivity contribution >= 4 is 29.1 Å². The smallest absolute Gasteiger partial charge is 0.259 e. The summed E-state index contributed by atoms with van der Waals surface area (Å²) in [5, 5.41) is 4.31. The topological polar surface area (TPSA) is 53.8 Å². The fraction of sp³-hybridized carbons (Fsp3) is 0.0556. The Balaban J connectivity index is 1.94. The van der Waals surface area contributed by atoms with E-state index in [2.05, 4.69) is 15.5 Å². The molecule has 0 bridgehead atoms. The molecule has 4 nitrogen and oxygen atoms in total. The minimum absolute atomic E-state index is 0.160. The molecular formula is C18H13N3O. The van der Waals surface area contributed by atoms with Gasteiger partial charge in [-0.15, -0.1) is 0 Å². The molecule has 1 N–H and O–H groups in total. The van der Waals surface area contributed by atoms with Gasteiger partial charge in [0.15, 0.2) is 0 Å². The standard InChI is InChI=1S/C18H13N3O/c22-18-16-14(11-19-18)20-21-17(13-9-5-2-6-10-13)15(16)12-7-3-1-4-8-12/h1-11,16,21H. The predicted octanol–water partition coefficient (Wildman–Crippen LogP) is 2.74. The van der Waals surface area contributed by atoms with Crippen LogP contribution >= 0.6 is 0 Å². The summed E-state index contributed by atoms with van der Waals surface area (Å²) in [7, 11) is 0. The van der Waals surface area contributed by atoms with Crippen LogP contribution in [0, 0.1) is 5.92 Å². The van der Waals surface area contributed by atoms with Crippen LogP contribution in [0.4, 0.5) is 0 Å². The lowest BCUT2D eigenvalue weighted by atomic mass is 9.85. The van der Waals surface area contributed by atoms with Gasteiger partial charge < -0.3 is 0 Å². The second-order valence-corrected chi connectivity index (χ2v) is 5.20. The molecule has 2 heterocycles. The number of hydrogen-bond acceptors (Lipinski definition) is 3. The van der Waals surface area contributed by atoms with Crippen molar-refractivity contribution in [2.75, 3.05) is 0 Å². The van der Waals surface area contributed by atoms with Gasteiger partial charge in [-0.2, -0.15) is 5.10 Å². The quantitative estimate of drug-likeness (QED) is 0.923. The van der Waals surface area contributed by atoms with E-state index in [9.17, 15) is 4.79 Å². The number of carbonyl (C=O) groups is 1. The van der Waals surface area contributed by atoms with Crippen LogP contribution in [0.15, 0.2) is 70.8 Å². The van der Waals surface area contributed by atoms with Gasteiger partial charge in [0.25, 0.3) is 5.91 Å². The maximum Gasteiger partial charge on any atom is 0.259 e. The molecule has 0 spiro atoms. The molecule has 0 saturated carbocycles. The first-order valence-electron chi connectivity index (χ1n) is 7.11. The van der Waals surface area contributed by atoms with Gasteiger partial charge in [0.1, 0.15) is 5.92 Å². The molecular weight excluding hydrogens is 274 g/mol. The van der Waals surface area contributed by atoms with Crippen molar-refractivity contribution < 1.29 is 4.79 Å². The monoisotopic (exact) mass is 287 g/mol. The molecule has 0 saturated heterocycles. The molecule has 22 heavy (non-hydrogen) atoms. The van der Waals surface area contributed by atoms with Crippen molar-refractivity contribution in [3.05, 3.63) is 71.8 Å². The van der Waals surface area contributed by atoms with E-state index in [1.807, 2.05) is 60.7 Å². The average molecular weight is 287 g/mol. The molecule has 4 heteroatoms. The summed E-state index contributed by atoms with van der Waals surface area (Å²) in [6.45, 7) is 0. The molecule has 0 fully saturated rings. The lowest BCUT2D eigenvalue weighted by Crippen LogP contribution is -2.28. The van der Waals surface area contributed by atoms with Crippen LogP contribution in [-0.4, -0.2) is 17.8 Å². The summed E-state index contributed by atoms with van der Waals surface area (Å²) < 4.78 is 0. The number of carbonyl (C=O) groups excluding carboxylic acids is 1. The zero-order valence-corrected chi connectivity index (χ0v) is 11.7. The first-order chi connectivity index (χ1) is 10.8. The van der Waals surface area contributed by atoms with Crippen LogP contribution in [0.1, 0.15) is 11.1 Å². The van der Waals surface area contributed by atoms with Crippen LogP contribution in [-0.2, 0) is 4.79 Å². The SMILES string of the molecule is O=C1N=CC2=NNC(c3ccccc3)=C(c3ccccc3)C12. The number of hydrogen-bond donors (Lipinski definition) is 1. The van der Waals surface area contributed by atoms with Crippen LogP contribution in [0.25, 0.3) is 11.3 Å². The Morgan fingerprint density at radius 3 is 2.18 bits per heavy atom. The lowest BCUT2D eigenvalue weighted by Gasteiger charge is -2.24. The largest absolute Gasteiger partial charge is 0.277 e. The molecule has 1 unspecified atom stereocenters. The molecule has 2 aliphatic heterocycles. The van der Waals surface area contributed by atoms with E-state index in [-0.39, 0.29) is 5.91 Å². The molecule has 2 aromatic rings. The van der Waals surface area contributed by atoms with Crippen molar-refractivity contribution in [3.63, 3.8) is 0 Å². The number of nitrogens with one attached hydrogen (secondary N) is 1. The third kappa shape index (κ3) is 1.97. The van der Waals surface area contributed by atoms with Crippen molar-refractivity contribution in [1.29, 1.82) is 0 Å². The Kier molecular flexibility index (Phi) is 2.93. The van der Waals surface area contributed by atoms with Gasteiger partial charge in [-0.05, 0) is 11.1 Å². The van der Waals surface area contributed by atoms with Gasteiger partial charge in [0.2, 0.25) is 0 Å². The van der Waals surface area contributed by atoms with Gasteiger partial charge in [-0.1, -0.05) is 60.7 Å². The fourth-order valence-corrected chi connectivity index (χ4v) is 2.85. The van der Waals surface area contributed by atoms with E-state index < -0.39 is 5.92 Å². The van der Waals surface area contributed by atoms with Crippen LogP contribution in [0.5, 0.6) is 0 Å². The van der Waals surface area contributed by atoms with Gasteiger partial charge in [0, 0.05) is 5.57 Å². The zero-order valence-electron chi connectivity index (χ0n) is 11.7. The van der Waals surface area contributed by atoms with E-state index in [1.165, 1.54) is 0 Å². The molecule has 2 aromatic carbocycles. The Hall–Kier alpha value is -3.01. The highest BCUT2D eigenvalue weighted by Gasteiger charge is 2.37. The number of amides is 1. The Morgan fingerprint density at radius 2 is 1.50 bits per heavy atom. The number of nitrogens with zero attached hydrogens (tertiary/aromatic N) is 2. The van der Waals surface area contributed by atoms with Gasteiger partial charge >= 0.3 is 0 Å². The molecule has 4 rings (SSSR count). The molecule has 1 amide bonds. The number of rotatable bonds is 2. The third-order valence-electron chi connectivity index (χ3n) is 3.87. The highest BCUT2D eigenvalue weighted by Crippen LogP contribution is 2.36. The number of fused-ring (bicyclic) bond motifs is 1. The van der Waals surface area contributed by atoms with Crippen molar-refractivity contribution in [2.45, 2.75) is 0 Å². The molecule has 1 atom stereocenters. The highest BCUT2D eigenvalue weighted by atomic mass is 16.1. The first kappa shape index (κ1) is 12.7. The first-order valence-corrected chi connectivity index (χ1v) is 7.11. The minimum atomic E-state index is -0.418. The summed E-state index contributed by atoms with van der Waals surface area (Å²) in [6.07, 6.45) is 1.55. The molecule has 0 radical (unpaired) electrons. The highest BCUT2D eigenvalue weighted by molar-refractivity contribution is 6.46. The van der Waals surface area contributed by atoms with E-state index in [0.717, 1.165) is 22.4 Å². The maximum absolute atomic E-state index is 12.2. The Morgan fingerprint density at radius 1 is 0.864 bits per heavy atom. The van der Waals surface area contributed by atoms with Crippen LogP contribution < -0.4 is 5.43 Å². The van der Waals surface area contributed by atoms with Gasteiger partial charge in [-0.3, -0.25) is 10.2 Å². The normalized spacial score (nSPS) is 19.7. The fourth-order valence-electron chi connectivity index (χ4n) is 2.85. The Labute approximate surface area is 127 Å². The number of hydrazone groups is 1.